The standard InChI is InChI=1S/C22H18BrCl2N5O/c23-17-13-28-30-20(12-19(29-21(17)30)16-7-1-2-8-18(16)25)26-9-4-10-27-22(31)14-5-3-6-15(24)11-14/h1-3,5-8,11-13,26H,4,9-10H2,(H,27,31). The first-order chi connectivity index (χ1) is 15.0. The van der Waals surface area contributed by atoms with E-state index in [1.807, 2.05) is 30.3 Å². The first-order valence-corrected chi connectivity index (χ1v) is 11.1. The lowest BCUT2D eigenvalue weighted by molar-refractivity contribution is 0.0953. The predicted molar refractivity (Wildman–Crippen MR) is 128 cm³/mol. The summed E-state index contributed by atoms with van der Waals surface area (Å²) in [7, 11) is 0. The Morgan fingerprint density at radius 2 is 1.90 bits per heavy atom. The first kappa shape index (κ1) is 21.6. The molecule has 0 radical (unpaired) electrons. The number of carbonyl (C=O) groups is 1. The summed E-state index contributed by atoms with van der Waals surface area (Å²) in [5, 5.41) is 11.8. The van der Waals surface area contributed by atoms with Crippen molar-refractivity contribution in [1.82, 2.24) is 19.9 Å². The molecular weight excluding hydrogens is 501 g/mol. The van der Waals surface area contributed by atoms with Gasteiger partial charge < -0.3 is 10.6 Å². The molecule has 0 atom stereocenters. The predicted octanol–water partition coefficient (Wildman–Crippen LogP) is 5.70. The Balaban J connectivity index is 1.43. The molecule has 2 N–H and O–H groups in total. The highest BCUT2D eigenvalue weighted by Crippen LogP contribution is 2.30. The molecule has 0 aliphatic carbocycles. The van der Waals surface area contributed by atoms with Crippen molar-refractivity contribution >= 4 is 56.5 Å². The quantitative estimate of drug-likeness (QED) is 0.308. The topological polar surface area (TPSA) is 71.3 Å². The molecule has 2 aromatic heterocycles. The molecule has 2 aromatic carbocycles. The van der Waals surface area contributed by atoms with Gasteiger partial charge in [0.15, 0.2) is 5.65 Å². The molecule has 4 rings (SSSR count). The summed E-state index contributed by atoms with van der Waals surface area (Å²) in [6, 6.07) is 16.4. The van der Waals surface area contributed by atoms with Crippen molar-refractivity contribution in [3.05, 3.63) is 80.9 Å². The van der Waals surface area contributed by atoms with Gasteiger partial charge in [0, 0.05) is 40.3 Å². The lowest BCUT2D eigenvalue weighted by atomic mass is 10.1. The number of anilines is 1. The Morgan fingerprint density at radius 3 is 2.71 bits per heavy atom. The van der Waals surface area contributed by atoms with Crippen molar-refractivity contribution in [2.75, 3.05) is 18.4 Å². The summed E-state index contributed by atoms with van der Waals surface area (Å²) in [6.45, 7) is 1.15. The fourth-order valence-electron chi connectivity index (χ4n) is 3.11. The van der Waals surface area contributed by atoms with Gasteiger partial charge >= 0.3 is 0 Å². The van der Waals surface area contributed by atoms with E-state index in [2.05, 4.69) is 31.7 Å². The molecule has 0 aliphatic rings. The molecule has 0 spiro atoms. The second-order valence-electron chi connectivity index (χ2n) is 6.78. The van der Waals surface area contributed by atoms with Gasteiger partial charge in [-0.1, -0.05) is 47.5 Å². The zero-order valence-electron chi connectivity index (χ0n) is 16.3. The van der Waals surface area contributed by atoms with Crippen LogP contribution >= 0.6 is 39.1 Å². The highest BCUT2D eigenvalue weighted by Gasteiger charge is 2.13. The Kier molecular flexibility index (Phi) is 6.75. The Morgan fingerprint density at radius 1 is 1.06 bits per heavy atom. The number of rotatable bonds is 7. The summed E-state index contributed by atoms with van der Waals surface area (Å²) in [5.41, 5.74) is 2.82. The van der Waals surface area contributed by atoms with Crippen LogP contribution in [-0.4, -0.2) is 33.6 Å². The fraction of sp³-hybridized carbons (Fsp3) is 0.136. The van der Waals surface area contributed by atoms with E-state index in [0.717, 1.165) is 28.0 Å². The van der Waals surface area contributed by atoms with Gasteiger partial charge in [0.05, 0.1) is 16.4 Å². The van der Waals surface area contributed by atoms with Gasteiger partial charge in [0.1, 0.15) is 5.82 Å². The molecule has 0 aliphatic heterocycles. The molecule has 2 heterocycles. The monoisotopic (exact) mass is 517 g/mol. The molecular formula is C22H18BrCl2N5O. The molecule has 0 bridgehead atoms. The van der Waals surface area contributed by atoms with Crippen molar-refractivity contribution in [2.24, 2.45) is 0 Å². The summed E-state index contributed by atoms with van der Waals surface area (Å²) in [5.74, 6) is 0.637. The van der Waals surface area contributed by atoms with Gasteiger partial charge in [-0.15, -0.1) is 0 Å². The van der Waals surface area contributed by atoms with E-state index in [1.54, 1.807) is 35.0 Å². The highest BCUT2D eigenvalue weighted by atomic mass is 79.9. The number of hydrogen-bond donors (Lipinski definition) is 2. The lowest BCUT2D eigenvalue weighted by Gasteiger charge is -2.12. The van der Waals surface area contributed by atoms with Crippen molar-refractivity contribution in [2.45, 2.75) is 6.42 Å². The maximum atomic E-state index is 12.2. The van der Waals surface area contributed by atoms with Gasteiger partial charge in [-0.25, -0.2) is 4.98 Å². The van der Waals surface area contributed by atoms with Crippen molar-refractivity contribution < 1.29 is 4.79 Å². The van der Waals surface area contributed by atoms with Crippen LogP contribution in [0.15, 0.2) is 65.3 Å². The minimum atomic E-state index is -0.147. The molecule has 1 amide bonds. The third kappa shape index (κ3) is 5.01. The van der Waals surface area contributed by atoms with Gasteiger partial charge in [0.2, 0.25) is 0 Å². The third-order valence-corrected chi connectivity index (χ3v) is 5.73. The van der Waals surface area contributed by atoms with Gasteiger partial charge in [0.25, 0.3) is 5.91 Å². The van der Waals surface area contributed by atoms with Crippen LogP contribution in [0.2, 0.25) is 10.0 Å². The molecule has 0 unspecified atom stereocenters. The van der Waals surface area contributed by atoms with Gasteiger partial charge in [-0.3, -0.25) is 4.79 Å². The average molecular weight is 519 g/mol. The zero-order chi connectivity index (χ0) is 21.8. The van der Waals surface area contributed by atoms with Crippen LogP contribution in [0.5, 0.6) is 0 Å². The van der Waals surface area contributed by atoms with E-state index in [-0.39, 0.29) is 5.91 Å². The van der Waals surface area contributed by atoms with Crippen LogP contribution in [0, 0.1) is 0 Å². The molecule has 0 saturated carbocycles. The minimum absolute atomic E-state index is 0.147. The summed E-state index contributed by atoms with van der Waals surface area (Å²) in [4.78, 5) is 16.9. The molecule has 0 fully saturated rings. The number of fused-ring (bicyclic) bond motifs is 1. The second-order valence-corrected chi connectivity index (χ2v) is 8.48. The maximum absolute atomic E-state index is 12.2. The number of amides is 1. The average Bonchev–Trinajstić information content (AvgIpc) is 3.14. The third-order valence-electron chi connectivity index (χ3n) is 4.61. The zero-order valence-corrected chi connectivity index (χ0v) is 19.4. The van der Waals surface area contributed by atoms with E-state index in [1.165, 1.54) is 0 Å². The van der Waals surface area contributed by atoms with Gasteiger partial charge in [-0.05, 0) is 46.6 Å². The number of aromatic nitrogens is 3. The molecule has 9 heteroatoms. The second kappa shape index (κ2) is 9.68. The number of hydrogen-bond acceptors (Lipinski definition) is 4. The Bertz CT molecular complexity index is 1240. The minimum Gasteiger partial charge on any atom is -0.370 e. The number of benzene rings is 2. The van der Waals surface area contributed by atoms with E-state index in [4.69, 9.17) is 28.2 Å². The lowest BCUT2D eigenvalue weighted by Crippen LogP contribution is -2.26. The number of halogens is 3. The molecule has 158 valence electrons. The van der Waals surface area contributed by atoms with Crippen LogP contribution in [0.3, 0.4) is 0 Å². The number of nitrogens with zero attached hydrogens (tertiary/aromatic N) is 3. The van der Waals surface area contributed by atoms with Crippen LogP contribution < -0.4 is 10.6 Å². The molecule has 0 saturated heterocycles. The largest absolute Gasteiger partial charge is 0.370 e. The number of carbonyl (C=O) groups excluding carboxylic acids is 1. The van der Waals surface area contributed by atoms with E-state index in [9.17, 15) is 4.79 Å². The molecule has 6 nitrogen and oxygen atoms in total. The van der Waals surface area contributed by atoms with Crippen molar-refractivity contribution in [3.63, 3.8) is 0 Å². The summed E-state index contributed by atoms with van der Waals surface area (Å²) in [6.07, 6.45) is 2.43. The maximum Gasteiger partial charge on any atom is 0.251 e. The Labute approximate surface area is 197 Å². The Hall–Kier alpha value is -2.61. The SMILES string of the molecule is O=C(NCCCNc1cc(-c2ccccc2Cl)nc2c(Br)cnn12)c1cccc(Cl)c1. The van der Waals surface area contributed by atoms with Crippen LogP contribution in [-0.2, 0) is 0 Å². The smallest absolute Gasteiger partial charge is 0.251 e. The van der Waals surface area contributed by atoms with Crippen LogP contribution in [0.4, 0.5) is 5.82 Å². The van der Waals surface area contributed by atoms with Crippen molar-refractivity contribution in [1.29, 1.82) is 0 Å². The summed E-state index contributed by atoms with van der Waals surface area (Å²) < 4.78 is 2.52. The van der Waals surface area contributed by atoms with Crippen LogP contribution in [0.1, 0.15) is 16.8 Å². The van der Waals surface area contributed by atoms with E-state index < -0.39 is 0 Å². The van der Waals surface area contributed by atoms with E-state index >= 15 is 0 Å². The van der Waals surface area contributed by atoms with E-state index in [0.29, 0.717) is 34.3 Å². The molecule has 4 aromatic rings. The normalized spacial score (nSPS) is 10.9. The van der Waals surface area contributed by atoms with Crippen molar-refractivity contribution in [3.8, 4) is 11.3 Å². The van der Waals surface area contributed by atoms with Gasteiger partial charge in [-0.2, -0.15) is 9.61 Å². The first-order valence-electron chi connectivity index (χ1n) is 9.60. The summed E-state index contributed by atoms with van der Waals surface area (Å²) >= 11 is 15.8. The highest BCUT2D eigenvalue weighted by molar-refractivity contribution is 9.10. The van der Waals surface area contributed by atoms with Crippen LogP contribution in [0.25, 0.3) is 16.9 Å². The molecule has 31 heavy (non-hydrogen) atoms. The number of nitrogens with one attached hydrogen (secondary N) is 2. The fourth-order valence-corrected chi connectivity index (χ4v) is 3.88.